The van der Waals surface area contributed by atoms with Crippen LogP contribution < -0.4 is 16.6 Å². The monoisotopic (exact) mass is 395 g/mol. The van der Waals surface area contributed by atoms with Gasteiger partial charge in [0.1, 0.15) is 12.4 Å². The summed E-state index contributed by atoms with van der Waals surface area (Å²) in [6.45, 7) is -0.146. The Kier molecular flexibility index (Phi) is 5.29. The highest BCUT2D eigenvalue weighted by atomic mass is 19.1. The van der Waals surface area contributed by atoms with Crippen molar-refractivity contribution in [3.63, 3.8) is 0 Å². The molecule has 3 aromatic rings. The van der Waals surface area contributed by atoms with Gasteiger partial charge in [-0.3, -0.25) is 18.7 Å². The zero-order chi connectivity index (χ0) is 20.4. The summed E-state index contributed by atoms with van der Waals surface area (Å²) in [5.74, 6) is -0.628. The lowest BCUT2D eigenvalue weighted by Gasteiger charge is -2.16. The van der Waals surface area contributed by atoms with Crippen LogP contribution in [-0.4, -0.2) is 21.1 Å². The van der Waals surface area contributed by atoms with Crippen molar-refractivity contribution in [1.82, 2.24) is 14.5 Å². The van der Waals surface area contributed by atoms with Gasteiger partial charge in [-0.2, -0.15) is 0 Å². The molecule has 1 aromatic heterocycles. The molecule has 0 spiro atoms. The quantitative estimate of drug-likeness (QED) is 0.721. The zero-order valence-corrected chi connectivity index (χ0v) is 15.9. The topological polar surface area (TPSA) is 73.1 Å². The Morgan fingerprint density at radius 2 is 1.69 bits per heavy atom. The Morgan fingerprint density at radius 1 is 1.00 bits per heavy atom. The molecule has 1 aliphatic carbocycles. The van der Waals surface area contributed by atoms with Crippen LogP contribution in [0.1, 0.15) is 31.2 Å². The van der Waals surface area contributed by atoms with Crippen LogP contribution in [0.3, 0.4) is 0 Å². The van der Waals surface area contributed by atoms with Gasteiger partial charge in [-0.15, -0.1) is 0 Å². The number of carbonyl (C=O) groups is 1. The Labute approximate surface area is 166 Å². The highest BCUT2D eigenvalue weighted by Crippen LogP contribution is 2.17. The fourth-order valence-electron chi connectivity index (χ4n) is 3.92. The van der Waals surface area contributed by atoms with E-state index in [0.29, 0.717) is 16.5 Å². The number of halogens is 1. The predicted octanol–water partition coefficient (Wildman–Crippen LogP) is 2.41. The van der Waals surface area contributed by atoms with Crippen molar-refractivity contribution in [2.75, 3.05) is 0 Å². The lowest BCUT2D eigenvalue weighted by atomic mass is 10.2. The van der Waals surface area contributed by atoms with Crippen LogP contribution in [0, 0.1) is 5.82 Å². The number of hydrogen-bond donors (Lipinski definition) is 1. The second-order valence-electron chi connectivity index (χ2n) is 7.45. The van der Waals surface area contributed by atoms with Crippen molar-refractivity contribution < 1.29 is 9.18 Å². The van der Waals surface area contributed by atoms with Gasteiger partial charge in [-0.1, -0.05) is 37.1 Å². The van der Waals surface area contributed by atoms with E-state index in [1.807, 2.05) is 0 Å². The molecular formula is C22H22FN3O3. The molecule has 29 heavy (non-hydrogen) atoms. The molecule has 1 saturated carbocycles. The largest absolute Gasteiger partial charge is 0.352 e. The molecule has 0 aliphatic heterocycles. The van der Waals surface area contributed by atoms with E-state index in [-0.39, 0.29) is 30.9 Å². The maximum atomic E-state index is 13.2. The second-order valence-corrected chi connectivity index (χ2v) is 7.45. The third-order valence-electron chi connectivity index (χ3n) is 5.41. The van der Waals surface area contributed by atoms with E-state index >= 15 is 0 Å². The summed E-state index contributed by atoms with van der Waals surface area (Å²) >= 11 is 0. The zero-order valence-electron chi connectivity index (χ0n) is 15.9. The predicted molar refractivity (Wildman–Crippen MR) is 108 cm³/mol. The summed E-state index contributed by atoms with van der Waals surface area (Å²) < 4.78 is 15.6. The minimum atomic E-state index is -0.556. The minimum Gasteiger partial charge on any atom is -0.352 e. The summed E-state index contributed by atoms with van der Waals surface area (Å²) in [6, 6.07) is 12.6. The third-order valence-corrected chi connectivity index (χ3v) is 5.41. The van der Waals surface area contributed by atoms with Gasteiger partial charge in [-0.25, -0.2) is 9.18 Å². The first kappa shape index (κ1) is 19.1. The number of nitrogens with one attached hydrogen (secondary N) is 1. The molecule has 6 nitrogen and oxygen atoms in total. The number of carbonyl (C=O) groups excluding carboxylic acids is 1. The van der Waals surface area contributed by atoms with Crippen molar-refractivity contribution in [2.45, 2.75) is 44.8 Å². The van der Waals surface area contributed by atoms with Gasteiger partial charge in [0.15, 0.2) is 0 Å². The Morgan fingerprint density at radius 3 is 2.41 bits per heavy atom. The normalized spacial score (nSPS) is 14.4. The van der Waals surface area contributed by atoms with Gasteiger partial charge in [-0.05, 0) is 42.7 Å². The van der Waals surface area contributed by atoms with E-state index < -0.39 is 11.2 Å². The molecule has 0 atom stereocenters. The molecule has 1 fully saturated rings. The van der Waals surface area contributed by atoms with E-state index in [0.717, 1.165) is 30.3 Å². The standard InChI is InChI=1S/C22H22FN3O3/c23-16-11-9-15(10-12-16)13-26-21(28)18-7-3-4-8-19(18)25(22(26)29)14-20(27)24-17-5-1-2-6-17/h3-4,7-12,17H,1-2,5-6,13-14H2,(H,24,27). The first-order valence-electron chi connectivity index (χ1n) is 9.79. The molecule has 7 heteroatoms. The summed E-state index contributed by atoms with van der Waals surface area (Å²) in [6.07, 6.45) is 4.09. The Bertz CT molecular complexity index is 1160. The highest BCUT2D eigenvalue weighted by molar-refractivity contribution is 5.81. The van der Waals surface area contributed by atoms with Crippen LogP contribution in [0.2, 0.25) is 0 Å². The van der Waals surface area contributed by atoms with Gasteiger partial charge in [0.25, 0.3) is 5.56 Å². The smallest absolute Gasteiger partial charge is 0.332 e. The fourth-order valence-corrected chi connectivity index (χ4v) is 3.92. The maximum absolute atomic E-state index is 13.2. The van der Waals surface area contributed by atoms with Crippen molar-refractivity contribution in [1.29, 1.82) is 0 Å². The van der Waals surface area contributed by atoms with Crippen LogP contribution in [0.4, 0.5) is 4.39 Å². The van der Waals surface area contributed by atoms with Gasteiger partial charge in [0.05, 0.1) is 17.4 Å². The summed E-state index contributed by atoms with van der Waals surface area (Å²) in [5.41, 5.74) is 0.0734. The van der Waals surface area contributed by atoms with Crippen molar-refractivity contribution >= 4 is 16.8 Å². The molecule has 150 valence electrons. The second kappa shape index (κ2) is 8.03. The summed E-state index contributed by atoms with van der Waals surface area (Å²) in [4.78, 5) is 38.6. The summed E-state index contributed by atoms with van der Waals surface area (Å²) in [5, 5.41) is 3.35. The number of fused-ring (bicyclic) bond motifs is 1. The van der Waals surface area contributed by atoms with Gasteiger partial charge >= 0.3 is 5.69 Å². The van der Waals surface area contributed by atoms with Crippen LogP contribution >= 0.6 is 0 Å². The molecule has 0 radical (unpaired) electrons. The van der Waals surface area contributed by atoms with Crippen molar-refractivity contribution in [3.8, 4) is 0 Å². The molecule has 0 bridgehead atoms. The third kappa shape index (κ3) is 3.99. The van der Waals surface area contributed by atoms with E-state index in [1.165, 1.54) is 28.8 Å². The maximum Gasteiger partial charge on any atom is 0.332 e. The minimum absolute atomic E-state index is 0.00697. The molecule has 0 saturated heterocycles. The van der Waals surface area contributed by atoms with E-state index in [9.17, 15) is 18.8 Å². The van der Waals surface area contributed by atoms with Gasteiger partial charge < -0.3 is 5.32 Å². The molecule has 1 heterocycles. The lowest BCUT2D eigenvalue weighted by Crippen LogP contribution is -2.44. The fraction of sp³-hybridized carbons (Fsp3) is 0.318. The van der Waals surface area contributed by atoms with Crippen molar-refractivity contribution in [2.24, 2.45) is 0 Å². The SMILES string of the molecule is O=C(Cn1c(=O)n(Cc2ccc(F)cc2)c(=O)c2ccccc21)NC1CCCC1. The molecule has 1 amide bonds. The van der Waals surface area contributed by atoms with Crippen LogP contribution in [0.25, 0.3) is 10.9 Å². The number of nitrogens with zero attached hydrogens (tertiary/aromatic N) is 2. The van der Waals surface area contributed by atoms with E-state index in [4.69, 9.17) is 0 Å². The average molecular weight is 395 g/mol. The lowest BCUT2D eigenvalue weighted by molar-refractivity contribution is -0.122. The van der Waals surface area contributed by atoms with Crippen molar-refractivity contribution in [3.05, 3.63) is 80.7 Å². The highest BCUT2D eigenvalue weighted by Gasteiger charge is 2.19. The summed E-state index contributed by atoms with van der Waals surface area (Å²) in [7, 11) is 0. The molecular weight excluding hydrogens is 373 g/mol. The molecule has 2 aromatic carbocycles. The Balaban J connectivity index is 1.74. The van der Waals surface area contributed by atoms with Gasteiger partial charge in [0.2, 0.25) is 5.91 Å². The molecule has 0 unspecified atom stereocenters. The first-order chi connectivity index (χ1) is 14.0. The molecule has 4 rings (SSSR count). The number of rotatable bonds is 5. The van der Waals surface area contributed by atoms with Crippen LogP contribution in [0.5, 0.6) is 0 Å². The number of aromatic nitrogens is 2. The van der Waals surface area contributed by atoms with Crippen LogP contribution in [0.15, 0.2) is 58.1 Å². The van der Waals surface area contributed by atoms with E-state index in [1.54, 1.807) is 24.3 Å². The average Bonchev–Trinajstić information content (AvgIpc) is 3.23. The number of para-hydroxylation sites is 1. The number of amides is 1. The van der Waals surface area contributed by atoms with Gasteiger partial charge in [0, 0.05) is 6.04 Å². The molecule has 1 N–H and O–H groups in total. The van der Waals surface area contributed by atoms with E-state index in [2.05, 4.69) is 5.32 Å². The molecule has 1 aliphatic rings. The first-order valence-corrected chi connectivity index (χ1v) is 9.79. The Hall–Kier alpha value is -3.22. The number of benzene rings is 2. The van der Waals surface area contributed by atoms with Crippen LogP contribution in [-0.2, 0) is 17.9 Å². The number of hydrogen-bond acceptors (Lipinski definition) is 3.